The van der Waals surface area contributed by atoms with Gasteiger partial charge in [0, 0.05) is 20.4 Å². The van der Waals surface area contributed by atoms with Crippen molar-refractivity contribution in [3.63, 3.8) is 0 Å². The maximum Gasteiger partial charge on any atom is 0.336 e. The van der Waals surface area contributed by atoms with E-state index >= 15 is 0 Å². The van der Waals surface area contributed by atoms with Gasteiger partial charge in [-0.25, -0.2) is 9.78 Å². The monoisotopic (exact) mass is 395 g/mol. The molecule has 0 unspecified atom stereocenters. The van der Waals surface area contributed by atoms with Crippen LogP contribution in [0.4, 0.5) is 0 Å². The van der Waals surface area contributed by atoms with E-state index in [1.807, 2.05) is 0 Å². The van der Waals surface area contributed by atoms with Gasteiger partial charge in [0.05, 0.1) is 21.8 Å². The SMILES string of the molecule is O=C(O)c1cc(-c2cc(Cl)ccc2Cl)nc2cc(Br)ccc12. The van der Waals surface area contributed by atoms with Crippen LogP contribution < -0.4 is 0 Å². The minimum atomic E-state index is -1.02. The van der Waals surface area contributed by atoms with Crippen LogP contribution in [0.1, 0.15) is 10.4 Å². The number of carboxylic acids is 1. The van der Waals surface area contributed by atoms with E-state index in [0.717, 1.165) is 4.47 Å². The number of rotatable bonds is 2. The number of fused-ring (bicyclic) bond motifs is 1. The Balaban J connectivity index is 2.35. The molecule has 0 atom stereocenters. The number of halogens is 3. The topological polar surface area (TPSA) is 50.2 Å². The summed E-state index contributed by atoms with van der Waals surface area (Å²) in [6, 6.07) is 11.8. The van der Waals surface area contributed by atoms with Crippen molar-refractivity contribution < 1.29 is 9.90 Å². The summed E-state index contributed by atoms with van der Waals surface area (Å²) in [6.07, 6.45) is 0. The molecule has 0 aliphatic heterocycles. The van der Waals surface area contributed by atoms with Gasteiger partial charge in [-0.3, -0.25) is 0 Å². The fraction of sp³-hybridized carbons (Fsp3) is 0. The molecule has 1 aromatic heterocycles. The molecule has 110 valence electrons. The van der Waals surface area contributed by atoms with E-state index in [4.69, 9.17) is 23.2 Å². The zero-order chi connectivity index (χ0) is 15.9. The number of aromatic nitrogens is 1. The average molecular weight is 397 g/mol. The van der Waals surface area contributed by atoms with Crippen molar-refractivity contribution in [1.29, 1.82) is 0 Å². The summed E-state index contributed by atoms with van der Waals surface area (Å²) in [4.78, 5) is 16.1. The molecule has 0 saturated heterocycles. The van der Waals surface area contributed by atoms with E-state index < -0.39 is 5.97 Å². The minimum Gasteiger partial charge on any atom is -0.478 e. The Morgan fingerprint density at radius 1 is 1.09 bits per heavy atom. The molecule has 22 heavy (non-hydrogen) atoms. The third-order valence-electron chi connectivity index (χ3n) is 3.21. The van der Waals surface area contributed by atoms with Gasteiger partial charge in [-0.1, -0.05) is 45.2 Å². The van der Waals surface area contributed by atoms with Gasteiger partial charge >= 0.3 is 5.97 Å². The number of carboxylic acid groups (broad SMARTS) is 1. The van der Waals surface area contributed by atoms with Gasteiger partial charge in [-0.15, -0.1) is 0 Å². The lowest BCUT2D eigenvalue weighted by Gasteiger charge is -2.09. The molecule has 0 saturated carbocycles. The molecule has 3 rings (SSSR count). The van der Waals surface area contributed by atoms with Crippen LogP contribution in [0, 0.1) is 0 Å². The number of nitrogens with zero attached hydrogens (tertiary/aromatic N) is 1. The van der Waals surface area contributed by atoms with E-state index in [-0.39, 0.29) is 5.56 Å². The van der Waals surface area contributed by atoms with Gasteiger partial charge in [-0.05, 0) is 36.4 Å². The number of carbonyl (C=O) groups is 1. The van der Waals surface area contributed by atoms with Crippen LogP contribution >= 0.6 is 39.1 Å². The van der Waals surface area contributed by atoms with Crippen LogP contribution in [0.5, 0.6) is 0 Å². The zero-order valence-electron chi connectivity index (χ0n) is 11.0. The van der Waals surface area contributed by atoms with Crippen LogP contribution in [-0.4, -0.2) is 16.1 Å². The van der Waals surface area contributed by atoms with Crippen molar-refractivity contribution >= 4 is 56.0 Å². The number of hydrogen-bond donors (Lipinski definition) is 1. The Morgan fingerprint density at radius 3 is 2.59 bits per heavy atom. The average Bonchev–Trinajstić information content (AvgIpc) is 2.48. The first-order valence-corrected chi connectivity index (χ1v) is 7.79. The van der Waals surface area contributed by atoms with E-state index in [1.54, 1.807) is 36.4 Å². The number of pyridine rings is 1. The highest BCUT2D eigenvalue weighted by Crippen LogP contribution is 2.32. The third kappa shape index (κ3) is 2.82. The molecule has 0 radical (unpaired) electrons. The summed E-state index contributed by atoms with van der Waals surface area (Å²) in [5, 5.41) is 11.0. The van der Waals surface area contributed by atoms with Crippen molar-refractivity contribution in [2.45, 2.75) is 0 Å². The van der Waals surface area contributed by atoms with Crippen molar-refractivity contribution in [3.05, 3.63) is 62.5 Å². The van der Waals surface area contributed by atoms with Crippen LogP contribution in [-0.2, 0) is 0 Å². The largest absolute Gasteiger partial charge is 0.478 e. The number of aromatic carboxylic acids is 1. The summed E-state index contributed by atoms with van der Waals surface area (Å²) in [6.45, 7) is 0. The van der Waals surface area contributed by atoms with E-state index in [1.165, 1.54) is 6.07 Å². The second-order valence-electron chi connectivity index (χ2n) is 4.65. The Labute approximate surface area is 144 Å². The van der Waals surface area contributed by atoms with Gasteiger partial charge in [0.2, 0.25) is 0 Å². The summed E-state index contributed by atoms with van der Waals surface area (Å²) in [5.41, 5.74) is 1.80. The molecule has 6 heteroatoms. The first-order chi connectivity index (χ1) is 10.5. The van der Waals surface area contributed by atoms with Gasteiger partial charge in [0.25, 0.3) is 0 Å². The van der Waals surface area contributed by atoms with Gasteiger partial charge in [0.1, 0.15) is 0 Å². The Hall–Kier alpha value is -1.62. The Morgan fingerprint density at radius 2 is 1.86 bits per heavy atom. The molecule has 0 amide bonds. The van der Waals surface area contributed by atoms with E-state index in [2.05, 4.69) is 20.9 Å². The first kappa shape index (κ1) is 15.3. The molecule has 0 aliphatic rings. The normalized spacial score (nSPS) is 10.9. The number of benzene rings is 2. The highest BCUT2D eigenvalue weighted by molar-refractivity contribution is 9.10. The van der Waals surface area contributed by atoms with Crippen LogP contribution in [0.25, 0.3) is 22.2 Å². The molecule has 2 aromatic carbocycles. The molecule has 1 N–H and O–H groups in total. The molecule has 3 aromatic rings. The molecule has 0 aliphatic carbocycles. The highest BCUT2D eigenvalue weighted by Gasteiger charge is 2.15. The fourth-order valence-electron chi connectivity index (χ4n) is 2.21. The second-order valence-corrected chi connectivity index (χ2v) is 6.41. The third-order valence-corrected chi connectivity index (χ3v) is 4.26. The first-order valence-electron chi connectivity index (χ1n) is 6.25. The standard InChI is InChI=1S/C16H8BrCl2NO2/c17-8-1-3-10-11(16(21)22)7-15(20-14(10)5-8)12-6-9(18)2-4-13(12)19/h1-7H,(H,21,22). The van der Waals surface area contributed by atoms with Crippen molar-refractivity contribution in [2.75, 3.05) is 0 Å². The highest BCUT2D eigenvalue weighted by atomic mass is 79.9. The molecular weight excluding hydrogens is 389 g/mol. The van der Waals surface area contributed by atoms with Crippen LogP contribution in [0.15, 0.2) is 46.9 Å². The lowest BCUT2D eigenvalue weighted by Crippen LogP contribution is -2.00. The van der Waals surface area contributed by atoms with E-state index in [0.29, 0.717) is 32.2 Å². The summed E-state index contributed by atoms with van der Waals surface area (Å²) in [7, 11) is 0. The van der Waals surface area contributed by atoms with Gasteiger partial charge in [0.15, 0.2) is 0 Å². The quantitative estimate of drug-likeness (QED) is 0.607. The lowest BCUT2D eigenvalue weighted by molar-refractivity contribution is 0.0699. The summed E-state index contributed by atoms with van der Waals surface area (Å²) < 4.78 is 0.818. The molecule has 1 heterocycles. The molecule has 0 spiro atoms. The number of hydrogen-bond acceptors (Lipinski definition) is 2. The molecule has 3 nitrogen and oxygen atoms in total. The lowest BCUT2D eigenvalue weighted by atomic mass is 10.0. The Kier molecular flexibility index (Phi) is 4.08. The second kappa shape index (κ2) is 5.88. The molecule has 0 fully saturated rings. The van der Waals surface area contributed by atoms with Crippen LogP contribution in [0.3, 0.4) is 0 Å². The zero-order valence-corrected chi connectivity index (χ0v) is 14.1. The van der Waals surface area contributed by atoms with Crippen molar-refractivity contribution in [1.82, 2.24) is 4.98 Å². The maximum atomic E-state index is 11.5. The van der Waals surface area contributed by atoms with Crippen LogP contribution in [0.2, 0.25) is 10.0 Å². The molecular formula is C16H8BrCl2NO2. The predicted molar refractivity (Wildman–Crippen MR) is 91.9 cm³/mol. The maximum absolute atomic E-state index is 11.5. The van der Waals surface area contributed by atoms with E-state index in [9.17, 15) is 9.90 Å². The predicted octanol–water partition coefficient (Wildman–Crippen LogP) is 5.67. The van der Waals surface area contributed by atoms with Gasteiger partial charge < -0.3 is 5.11 Å². The Bertz CT molecular complexity index is 912. The van der Waals surface area contributed by atoms with Gasteiger partial charge in [-0.2, -0.15) is 0 Å². The minimum absolute atomic E-state index is 0.170. The summed E-state index contributed by atoms with van der Waals surface area (Å²) >= 11 is 15.6. The molecule has 0 bridgehead atoms. The van der Waals surface area contributed by atoms with Crippen molar-refractivity contribution in [3.8, 4) is 11.3 Å². The summed E-state index contributed by atoms with van der Waals surface area (Å²) in [5.74, 6) is -1.02. The fourth-order valence-corrected chi connectivity index (χ4v) is 2.95. The smallest absolute Gasteiger partial charge is 0.336 e. The van der Waals surface area contributed by atoms with Crippen molar-refractivity contribution in [2.24, 2.45) is 0 Å².